The highest BCUT2D eigenvalue weighted by Gasteiger charge is 2.34. The van der Waals surface area contributed by atoms with Crippen molar-refractivity contribution in [1.29, 1.82) is 0 Å². The molecule has 2 heterocycles. The first-order valence-electron chi connectivity index (χ1n) is 10.2. The number of amides is 1. The third-order valence-corrected chi connectivity index (χ3v) is 5.22. The van der Waals surface area contributed by atoms with E-state index >= 15 is 0 Å². The lowest BCUT2D eigenvalue weighted by molar-refractivity contribution is -0.149. The molecule has 7 nitrogen and oxygen atoms in total. The van der Waals surface area contributed by atoms with Gasteiger partial charge in [0.1, 0.15) is 5.69 Å². The summed E-state index contributed by atoms with van der Waals surface area (Å²) in [6.45, 7) is 4.18. The van der Waals surface area contributed by atoms with Crippen LogP contribution in [0.1, 0.15) is 30.7 Å². The predicted molar refractivity (Wildman–Crippen MR) is 117 cm³/mol. The number of fused-ring (bicyclic) bond motifs is 1. The number of carbonyl (C=O) groups excluding carboxylic acids is 2. The Hall–Kier alpha value is -3.74. The molecule has 1 amide bonds. The van der Waals surface area contributed by atoms with Crippen LogP contribution in [0.4, 0.5) is 5.69 Å². The van der Waals surface area contributed by atoms with Gasteiger partial charge in [-0.3, -0.25) is 4.79 Å². The van der Waals surface area contributed by atoms with Gasteiger partial charge in [0.05, 0.1) is 12.7 Å². The number of ether oxygens (including phenoxy) is 1. The van der Waals surface area contributed by atoms with Gasteiger partial charge < -0.3 is 9.64 Å². The maximum Gasteiger partial charge on any atom is 0.331 e. The van der Waals surface area contributed by atoms with E-state index in [0.29, 0.717) is 12.2 Å². The molecule has 7 heteroatoms. The third kappa shape index (κ3) is 4.71. The number of hydrogen-bond acceptors (Lipinski definition) is 5. The minimum Gasteiger partial charge on any atom is -0.449 e. The van der Waals surface area contributed by atoms with Crippen LogP contribution < -0.4 is 4.90 Å². The second-order valence-corrected chi connectivity index (χ2v) is 7.63. The van der Waals surface area contributed by atoms with Crippen molar-refractivity contribution < 1.29 is 14.3 Å². The average Bonchev–Trinajstić information content (AvgIpc) is 3.35. The molecule has 3 aromatic rings. The van der Waals surface area contributed by atoms with Crippen LogP contribution in [-0.2, 0) is 27.3 Å². The Morgan fingerprint density at radius 2 is 1.90 bits per heavy atom. The van der Waals surface area contributed by atoms with Crippen molar-refractivity contribution in [3.63, 3.8) is 0 Å². The second kappa shape index (κ2) is 8.95. The fourth-order valence-electron chi connectivity index (χ4n) is 3.75. The molecule has 1 aliphatic rings. The highest BCUT2D eigenvalue weighted by Crippen LogP contribution is 2.32. The molecule has 4 rings (SSSR count). The number of aromatic nitrogens is 3. The van der Waals surface area contributed by atoms with Crippen molar-refractivity contribution in [2.24, 2.45) is 0 Å². The smallest absolute Gasteiger partial charge is 0.331 e. The maximum absolute atomic E-state index is 12.9. The van der Waals surface area contributed by atoms with Crippen molar-refractivity contribution >= 4 is 23.6 Å². The first-order chi connectivity index (χ1) is 15.0. The summed E-state index contributed by atoms with van der Waals surface area (Å²) >= 11 is 0. The summed E-state index contributed by atoms with van der Waals surface area (Å²) in [6, 6.07) is 17.7. The minimum absolute atomic E-state index is 0.0289. The summed E-state index contributed by atoms with van der Waals surface area (Å²) in [5, 5.41) is 8.10. The van der Waals surface area contributed by atoms with Crippen LogP contribution in [0.5, 0.6) is 0 Å². The molecule has 2 aromatic carbocycles. The number of rotatable bonds is 6. The van der Waals surface area contributed by atoms with E-state index in [-0.39, 0.29) is 11.9 Å². The van der Waals surface area contributed by atoms with Gasteiger partial charge in [-0.2, -0.15) is 0 Å². The number of nitrogens with zero attached hydrogens (tertiary/aromatic N) is 4. The monoisotopic (exact) mass is 416 g/mol. The first kappa shape index (κ1) is 20.5. The molecule has 1 aromatic heterocycles. The van der Waals surface area contributed by atoms with E-state index in [1.54, 1.807) is 22.7 Å². The molecule has 0 saturated heterocycles. The Labute approximate surface area is 180 Å². The molecule has 0 spiro atoms. The lowest BCUT2D eigenvalue weighted by atomic mass is 10.1. The van der Waals surface area contributed by atoms with E-state index in [2.05, 4.69) is 10.3 Å². The topological polar surface area (TPSA) is 77.3 Å². The molecule has 0 fully saturated rings. The molecule has 1 aliphatic heterocycles. The van der Waals surface area contributed by atoms with Gasteiger partial charge in [0.2, 0.25) is 0 Å². The lowest BCUT2D eigenvalue weighted by Gasteiger charge is -2.25. The van der Waals surface area contributed by atoms with Gasteiger partial charge in [0.15, 0.2) is 6.10 Å². The second-order valence-electron chi connectivity index (χ2n) is 7.63. The zero-order valence-electron chi connectivity index (χ0n) is 17.5. The molecule has 0 saturated carbocycles. The highest BCUT2D eigenvalue weighted by molar-refractivity contribution is 6.00. The van der Waals surface area contributed by atoms with Crippen LogP contribution in [-0.4, -0.2) is 39.0 Å². The number of carbonyl (C=O) groups is 2. The van der Waals surface area contributed by atoms with E-state index in [4.69, 9.17) is 4.74 Å². The zero-order valence-corrected chi connectivity index (χ0v) is 17.5. The Bertz CT molecular complexity index is 1110. The van der Waals surface area contributed by atoms with Gasteiger partial charge in [0.25, 0.3) is 5.91 Å². The summed E-state index contributed by atoms with van der Waals surface area (Å²) in [5.41, 5.74) is 3.65. The maximum atomic E-state index is 12.9. The van der Waals surface area contributed by atoms with Crippen molar-refractivity contribution in [2.45, 2.75) is 39.0 Å². The quantitative estimate of drug-likeness (QED) is 0.455. The number of esters is 1. The molecule has 31 heavy (non-hydrogen) atoms. The Kier molecular flexibility index (Phi) is 5.93. The Morgan fingerprint density at radius 3 is 2.71 bits per heavy atom. The van der Waals surface area contributed by atoms with Crippen LogP contribution in [0.15, 0.2) is 66.9 Å². The van der Waals surface area contributed by atoms with Crippen LogP contribution in [0.3, 0.4) is 0 Å². The van der Waals surface area contributed by atoms with Gasteiger partial charge in [-0.25, -0.2) is 9.48 Å². The summed E-state index contributed by atoms with van der Waals surface area (Å²) < 4.78 is 7.03. The van der Waals surface area contributed by atoms with Crippen molar-refractivity contribution in [2.75, 3.05) is 4.90 Å². The largest absolute Gasteiger partial charge is 0.449 e. The van der Waals surface area contributed by atoms with Crippen LogP contribution in [0, 0.1) is 0 Å². The van der Waals surface area contributed by atoms with Gasteiger partial charge in [-0.15, -0.1) is 5.10 Å². The van der Waals surface area contributed by atoms with Crippen molar-refractivity contribution in [3.05, 3.63) is 83.7 Å². The molecule has 0 aliphatic carbocycles. The first-order valence-corrected chi connectivity index (χ1v) is 10.2. The lowest BCUT2D eigenvalue weighted by Crippen LogP contribution is -2.43. The van der Waals surface area contributed by atoms with Gasteiger partial charge in [-0.05, 0) is 43.5 Å². The number of para-hydroxylation sites is 1. The molecule has 158 valence electrons. The van der Waals surface area contributed by atoms with Crippen LogP contribution in [0.25, 0.3) is 6.08 Å². The Morgan fingerprint density at radius 1 is 1.16 bits per heavy atom. The van der Waals surface area contributed by atoms with E-state index < -0.39 is 12.1 Å². The van der Waals surface area contributed by atoms with E-state index in [9.17, 15) is 9.59 Å². The molecular formula is C24H24N4O3. The van der Waals surface area contributed by atoms with Crippen LogP contribution in [0.2, 0.25) is 0 Å². The zero-order chi connectivity index (χ0) is 21.8. The molecule has 0 radical (unpaired) electrons. The number of anilines is 1. The van der Waals surface area contributed by atoms with Gasteiger partial charge >= 0.3 is 5.97 Å². The fourth-order valence-corrected chi connectivity index (χ4v) is 3.75. The molecule has 0 bridgehead atoms. The minimum atomic E-state index is -0.889. The van der Waals surface area contributed by atoms with Crippen LogP contribution >= 0.6 is 0 Å². The average molecular weight is 416 g/mol. The van der Waals surface area contributed by atoms with Crippen molar-refractivity contribution in [1.82, 2.24) is 15.0 Å². The third-order valence-electron chi connectivity index (χ3n) is 5.22. The summed E-state index contributed by atoms with van der Waals surface area (Å²) in [4.78, 5) is 26.9. The van der Waals surface area contributed by atoms with Gasteiger partial charge in [-0.1, -0.05) is 53.7 Å². The van der Waals surface area contributed by atoms with E-state index in [1.165, 1.54) is 12.2 Å². The standard InChI is InChI=1S/C24H24N4O3/c1-17-14-20-10-6-7-11-22(20)28(17)24(30)18(2)31-23(29)13-12-21-16-27(26-25-21)15-19-8-4-3-5-9-19/h3-13,16-18H,14-15H2,1-2H3/b13-12+/t17-,18-/m0/s1. The summed E-state index contributed by atoms with van der Waals surface area (Å²) in [7, 11) is 0. The van der Waals surface area contributed by atoms with Crippen molar-refractivity contribution in [3.8, 4) is 0 Å². The summed E-state index contributed by atoms with van der Waals surface area (Å²) in [6.07, 6.45) is 4.44. The Balaban J connectivity index is 1.34. The van der Waals surface area contributed by atoms with Gasteiger partial charge in [0, 0.05) is 17.8 Å². The fraction of sp³-hybridized carbons (Fsp3) is 0.250. The number of benzene rings is 2. The highest BCUT2D eigenvalue weighted by atomic mass is 16.5. The summed E-state index contributed by atoms with van der Waals surface area (Å²) in [5.74, 6) is -0.827. The molecule has 2 atom stereocenters. The SMILES string of the molecule is C[C@H](OC(=O)/C=C/c1cn(Cc2ccccc2)nn1)C(=O)N1c2ccccc2C[C@@H]1C. The molecular weight excluding hydrogens is 392 g/mol. The molecule has 0 unspecified atom stereocenters. The number of hydrogen-bond donors (Lipinski definition) is 0. The van der Waals surface area contributed by atoms with E-state index in [1.807, 2.05) is 61.5 Å². The molecule has 0 N–H and O–H groups in total. The normalized spacial score (nSPS) is 16.3. The predicted octanol–water partition coefficient (Wildman–Crippen LogP) is 3.25. The van der Waals surface area contributed by atoms with E-state index in [0.717, 1.165) is 23.2 Å².